The maximum atomic E-state index is 13.6. The van der Waals surface area contributed by atoms with Crippen molar-refractivity contribution in [1.29, 1.82) is 0 Å². The molecule has 0 saturated heterocycles. The van der Waals surface area contributed by atoms with Crippen LogP contribution < -0.4 is 10.1 Å². The molecule has 1 aromatic carbocycles. The second-order valence-corrected chi connectivity index (χ2v) is 10.3. The van der Waals surface area contributed by atoms with Crippen LogP contribution >= 0.6 is 22.9 Å². The number of rotatable bonds is 13. The third kappa shape index (κ3) is 8.02. The summed E-state index contributed by atoms with van der Waals surface area (Å²) >= 11 is 7.56. The number of carbonyl (C=O) groups is 2. The highest BCUT2D eigenvalue weighted by Gasteiger charge is 2.32. The monoisotopic (exact) mass is 504 g/mol. The van der Waals surface area contributed by atoms with Crippen LogP contribution in [0.2, 0.25) is 0 Å². The van der Waals surface area contributed by atoms with Crippen LogP contribution in [0.4, 0.5) is 0 Å². The Bertz CT molecular complexity index is 867. The highest BCUT2D eigenvalue weighted by molar-refractivity contribution is 7.09. The van der Waals surface area contributed by atoms with Crippen molar-refractivity contribution in [3.05, 3.63) is 52.2 Å². The Morgan fingerprint density at radius 1 is 1.12 bits per heavy atom. The molecule has 5 nitrogen and oxygen atoms in total. The molecule has 1 atom stereocenters. The summed E-state index contributed by atoms with van der Waals surface area (Å²) in [4.78, 5) is 29.1. The van der Waals surface area contributed by atoms with Gasteiger partial charge in [-0.2, -0.15) is 0 Å². The summed E-state index contributed by atoms with van der Waals surface area (Å²) < 4.78 is 5.88. The van der Waals surface area contributed by atoms with Gasteiger partial charge in [0.2, 0.25) is 11.8 Å². The maximum absolute atomic E-state index is 13.6. The van der Waals surface area contributed by atoms with Gasteiger partial charge in [-0.05, 0) is 48.4 Å². The fourth-order valence-electron chi connectivity index (χ4n) is 4.44. The number of amides is 2. The number of carbonyl (C=O) groups excluding carboxylic acids is 2. The molecule has 34 heavy (non-hydrogen) atoms. The first-order valence-electron chi connectivity index (χ1n) is 12.5. The van der Waals surface area contributed by atoms with Gasteiger partial charge in [-0.1, -0.05) is 63.6 Å². The van der Waals surface area contributed by atoms with Gasteiger partial charge >= 0.3 is 0 Å². The lowest BCUT2D eigenvalue weighted by Gasteiger charge is -2.33. The van der Waals surface area contributed by atoms with Crippen molar-refractivity contribution in [3.63, 3.8) is 0 Å². The smallest absolute Gasteiger partial charge is 0.247 e. The summed E-state index contributed by atoms with van der Waals surface area (Å²) in [7, 11) is 0. The van der Waals surface area contributed by atoms with Crippen LogP contribution in [-0.2, 0) is 16.1 Å². The van der Waals surface area contributed by atoms with Gasteiger partial charge in [-0.3, -0.25) is 9.59 Å². The minimum atomic E-state index is -0.742. The number of benzene rings is 1. The minimum Gasteiger partial charge on any atom is -0.494 e. The predicted molar refractivity (Wildman–Crippen MR) is 139 cm³/mol. The highest BCUT2D eigenvalue weighted by Crippen LogP contribution is 2.28. The molecule has 3 rings (SSSR count). The summed E-state index contributed by atoms with van der Waals surface area (Å²) in [5.74, 6) is 0.211. The van der Waals surface area contributed by atoms with Crippen molar-refractivity contribution >= 4 is 34.8 Å². The molecule has 0 aliphatic heterocycles. The summed E-state index contributed by atoms with van der Waals surface area (Å²) in [6, 6.07) is 10.9. The molecule has 0 spiro atoms. The Kier molecular flexibility index (Phi) is 11.2. The van der Waals surface area contributed by atoms with E-state index in [1.165, 1.54) is 19.3 Å². The molecule has 1 N–H and O–H groups in total. The number of ether oxygens (including phenoxy) is 1. The summed E-state index contributed by atoms with van der Waals surface area (Å²) in [5, 5.41) is 5.20. The van der Waals surface area contributed by atoms with E-state index < -0.39 is 6.04 Å². The topological polar surface area (TPSA) is 58.6 Å². The molecule has 1 saturated carbocycles. The van der Waals surface area contributed by atoms with Gasteiger partial charge in [0.05, 0.1) is 13.2 Å². The van der Waals surface area contributed by atoms with Crippen molar-refractivity contribution in [2.45, 2.75) is 83.3 Å². The van der Waals surface area contributed by atoms with Crippen molar-refractivity contribution in [2.75, 3.05) is 12.5 Å². The first kappa shape index (κ1) is 26.6. The number of nitrogens with zero attached hydrogens (tertiary/aromatic N) is 1. The molecule has 1 fully saturated rings. The molecule has 1 aromatic heterocycles. The number of unbranched alkanes of at least 4 members (excludes halogenated alkanes) is 3. The average molecular weight is 505 g/mol. The predicted octanol–water partition coefficient (Wildman–Crippen LogP) is 6.46. The van der Waals surface area contributed by atoms with E-state index in [0.717, 1.165) is 54.7 Å². The quantitative estimate of drug-likeness (QED) is 0.251. The Balaban J connectivity index is 1.79. The zero-order valence-corrected chi connectivity index (χ0v) is 21.7. The number of halogens is 1. The van der Waals surface area contributed by atoms with E-state index in [4.69, 9.17) is 16.3 Å². The van der Waals surface area contributed by atoms with Crippen LogP contribution in [0, 0.1) is 0 Å². The number of hydrogen-bond acceptors (Lipinski definition) is 4. The van der Waals surface area contributed by atoms with Gasteiger partial charge in [-0.25, -0.2) is 0 Å². The molecule has 186 valence electrons. The number of hydrogen-bond donors (Lipinski definition) is 1. The van der Waals surface area contributed by atoms with E-state index in [9.17, 15) is 9.59 Å². The molecule has 0 unspecified atom stereocenters. The van der Waals surface area contributed by atoms with Crippen LogP contribution in [0.5, 0.6) is 5.75 Å². The van der Waals surface area contributed by atoms with Gasteiger partial charge in [0.25, 0.3) is 0 Å². The van der Waals surface area contributed by atoms with E-state index >= 15 is 0 Å². The van der Waals surface area contributed by atoms with E-state index in [1.54, 1.807) is 16.2 Å². The second-order valence-electron chi connectivity index (χ2n) is 8.96. The van der Waals surface area contributed by atoms with Crippen LogP contribution in [0.15, 0.2) is 41.8 Å². The SMILES string of the molecule is CCCCCCOc1ccc([C@@H](C(=O)NC2CCCCC2)N(Cc2cccs2)C(=O)CCl)cc1. The lowest BCUT2D eigenvalue weighted by molar-refractivity contribution is -0.140. The number of thiophene rings is 1. The van der Waals surface area contributed by atoms with E-state index in [0.29, 0.717) is 13.2 Å². The number of alkyl halides is 1. The van der Waals surface area contributed by atoms with Crippen LogP contribution in [-0.4, -0.2) is 35.2 Å². The van der Waals surface area contributed by atoms with E-state index in [2.05, 4.69) is 12.2 Å². The molecule has 0 radical (unpaired) electrons. The minimum absolute atomic E-state index is 0.143. The lowest BCUT2D eigenvalue weighted by Crippen LogP contribution is -2.47. The van der Waals surface area contributed by atoms with Gasteiger partial charge in [0.15, 0.2) is 0 Å². The van der Waals surface area contributed by atoms with Gasteiger partial charge < -0.3 is 15.0 Å². The van der Waals surface area contributed by atoms with E-state index in [-0.39, 0.29) is 23.7 Å². The van der Waals surface area contributed by atoms with Crippen molar-refractivity contribution in [1.82, 2.24) is 10.2 Å². The third-order valence-corrected chi connectivity index (χ3v) is 7.40. The second kappa shape index (κ2) is 14.4. The standard InChI is InChI=1S/C27H37ClN2O3S/c1-2-3-4-8-17-33-23-15-13-21(14-16-23)26(27(32)29-22-10-6-5-7-11-22)30(25(31)19-28)20-24-12-9-18-34-24/h9,12-16,18,22,26H,2-8,10-11,17,19-20H2,1H3,(H,29,32)/t26-/m0/s1. The summed E-state index contributed by atoms with van der Waals surface area (Å²) in [6.07, 6.45) is 10.0. The van der Waals surface area contributed by atoms with Crippen molar-refractivity contribution in [2.24, 2.45) is 0 Å². The maximum Gasteiger partial charge on any atom is 0.247 e. The molecule has 2 amide bonds. The molecule has 7 heteroatoms. The Morgan fingerprint density at radius 2 is 1.88 bits per heavy atom. The first-order valence-corrected chi connectivity index (χ1v) is 13.9. The number of nitrogens with one attached hydrogen (secondary N) is 1. The third-order valence-electron chi connectivity index (χ3n) is 6.31. The van der Waals surface area contributed by atoms with Crippen LogP contribution in [0.1, 0.15) is 81.2 Å². The Morgan fingerprint density at radius 3 is 2.53 bits per heavy atom. The van der Waals surface area contributed by atoms with Gasteiger partial charge in [0, 0.05) is 10.9 Å². The van der Waals surface area contributed by atoms with Crippen molar-refractivity contribution in [3.8, 4) is 5.75 Å². The fourth-order valence-corrected chi connectivity index (χ4v) is 5.29. The normalized spacial score (nSPS) is 15.0. The molecule has 1 aliphatic carbocycles. The zero-order valence-electron chi connectivity index (χ0n) is 20.1. The van der Waals surface area contributed by atoms with Gasteiger partial charge in [0.1, 0.15) is 17.7 Å². The van der Waals surface area contributed by atoms with Crippen molar-refractivity contribution < 1.29 is 14.3 Å². The zero-order chi connectivity index (χ0) is 24.2. The van der Waals surface area contributed by atoms with Crippen LogP contribution in [0.3, 0.4) is 0 Å². The fraction of sp³-hybridized carbons (Fsp3) is 0.556. The van der Waals surface area contributed by atoms with Gasteiger partial charge in [-0.15, -0.1) is 22.9 Å². The van der Waals surface area contributed by atoms with Crippen LogP contribution in [0.25, 0.3) is 0 Å². The molecular formula is C27H37ClN2O3S. The molecule has 1 heterocycles. The highest BCUT2D eigenvalue weighted by atomic mass is 35.5. The first-order chi connectivity index (χ1) is 16.6. The largest absolute Gasteiger partial charge is 0.494 e. The lowest BCUT2D eigenvalue weighted by atomic mass is 9.94. The average Bonchev–Trinajstić information content (AvgIpc) is 3.38. The molecule has 0 bridgehead atoms. The molecular weight excluding hydrogens is 468 g/mol. The summed E-state index contributed by atoms with van der Waals surface area (Å²) in [6.45, 7) is 3.22. The Hall–Kier alpha value is -2.05. The molecule has 2 aromatic rings. The summed E-state index contributed by atoms with van der Waals surface area (Å²) in [5.41, 5.74) is 0.765. The molecule has 1 aliphatic rings. The Labute approximate surface area is 212 Å². The van der Waals surface area contributed by atoms with E-state index in [1.807, 2.05) is 41.8 Å².